The van der Waals surface area contributed by atoms with E-state index in [1.807, 2.05) is 43.3 Å². The molecule has 10 nitrogen and oxygen atoms in total. The van der Waals surface area contributed by atoms with Crippen molar-refractivity contribution in [1.82, 2.24) is 19.5 Å². The highest BCUT2D eigenvalue weighted by Gasteiger charge is 2.51. The summed E-state index contributed by atoms with van der Waals surface area (Å²) < 4.78 is 28.1. The zero-order chi connectivity index (χ0) is 35.5. The predicted molar refractivity (Wildman–Crippen MR) is 203 cm³/mol. The number of nitrogens with zero attached hydrogens (tertiary/aromatic N) is 3. The minimum absolute atomic E-state index is 0.0104. The molecule has 0 aliphatic carbocycles. The smallest absolute Gasteiger partial charge is 0.358 e. The van der Waals surface area contributed by atoms with Crippen molar-refractivity contribution in [3.8, 4) is 5.75 Å². The van der Waals surface area contributed by atoms with E-state index in [-0.39, 0.29) is 28.0 Å². The average molecular weight is 712 g/mol. The number of imidazole rings is 1. The third-order valence-corrected chi connectivity index (χ3v) is 14.1. The van der Waals surface area contributed by atoms with Crippen molar-refractivity contribution in [1.29, 1.82) is 0 Å². The van der Waals surface area contributed by atoms with Crippen LogP contribution in [0.1, 0.15) is 52.8 Å². The largest absolute Gasteiger partial charge is 0.450 e. The van der Waals surface area contributed by atoms with Crippen LogP contribution in [0.3, 0.4) is 0 Å². The Hall–Kier alpha value is -4.36. The van der Waals surface area contributed by atoms with Gasteiger partial charge in [0, 0.05) is 25.2 Å². The highest BCUT2D eigenvalue weighted by Crippen LogP contribution is 2.39. The first kappa shape index (κ1) is 35.5. The summed E-state index contributed by atoms with van der Waals surface area (Å²) in [6.07, 6.45) is 0.342. The van der Waals surface area contributed by atoms with Crippen LogP contribution in [-0.4, -0.2) is 58.4 Å². The van der Waals surface area contributed by atoms with E-state index in [4.69, 9.17) is 35.8 Å². The van der Waals surface area contributed by atoms with E-state index in [0.717, 1.165) is 15.9 Å². The number of fused-ring (bicyclic) bond motifs is 1. The van der Waals surface area contributed by atoms with Gasteiger partial charge in [0.2, 0.25) is 5.95 Å². The molecule has 1 aliphatic rings. The van der Waals surface area contributed by atoms with Crippen LogP contribution < -0.4 is 26.0 Å². The number of hydrogen-bond donors (Lipinski definition) is 2. The van der Waals surface area contributed by atoms with Crippen LogP contribution in [0, 0.1) is 12.8 Å². The highest BCUT2D eigenvalue weighted by molar-refractivity contribution is 7.79. The van der Waals surface area contributed by atoms with Crippen LogP contribution in [-0.2, 0) is 13.9 Å². The van der Waals surface area contributed by atoms with Crippen LogP contribution in [0.25, 0.3) is 11.2 Å². The summed E-state index contributed by atoms with van der Waals surface area (Å²) in [6.45, 7) is 13.8. The van der Waals surface area contributed by atoms with Crippen molar-refractivity contribution in [2.24, 2.45) is 5.92 Å². The maximum atomic E-state index is 13.0. The molecule has 6 rings (SSSR count). The average Bonchev–Trinajstić information content (AvgIpc) is 3.69. The molecule has 12 heteroatoms. The summed E-state index contributed by atoms with van der Waals surface area (Å²) in [5.74, 6) is 1.32. The standard InChI is InChI=1S/C38H45N5O5SSi/c1-25(2)22-39-36-41-34-33(35(44)42-36)40-24-43(34)32-21-30(48-37(49)46-27-19-17-26(3)18-20-27)31(47-32)23-45-50(38(4,5)6,28-13-9-7-10-14-28)29-15-11-8-12-16-29/h7-20,24-25,30-32H,21-23H2,1-6H3,(H2,39,41,42,44)/t30-,31+,32+/m0/s1. The molecule has 0 radical (unpaired) electrons. The van der Waals surface area contributed by atoms with Gasteiger partial charge in [-0.1, -0.05) is 113 Å². The van der Waals surface area contributed by atoms with Gasteiger partial charge in [0.05, 0.1) is 12.9 Å². The Labute approximate surface area is 299 Å². The van der Waals surface area contributed by atoms with Gasteiger partial charge in [0.1, 0.15) is 24.2 Å². The number of benzene rings is 3. The minimum Gasteiger partial charge on any atom is -0.450 e. The van der Waals surface area contributed by atoms with Crippen molar-refractivity contribution in [3.05, 3.63) is 107 Å². The summed E-state index contributed by atoms with van der Waals surface area (Å²) in [7, 11) is -2.90. The van der Waals surface area contributed by atoms with Gasteiger partial charge in [-0.3, -0.25) is 14.3 Å². The number of rotatable bonds is 11. The molecule has 2 aromatic heterocycles. The van der Waals surface area contributed by atoms with Crippen LogP contribution in [0.2, 0.25) is 5.04 Å². The second-order valence-corrected chi connectivity index (χ2v) is 18.8. The van der Waals surface area contributed by atoms with E-state index in [9.17, 15) is 4.79 Å². The van der Waals surface area contributed by atoms with Crippen LogP contribution in [0.5, 0.6) is 5.75 Å². The fourth-order valence-corrected chi connectivity index (χ4v) is 11.3. The molecule has 1 fully saturated rings. The fraction of sp³-hybridized carbons (Fsp3) is 0.368. The number of aromatic nitrogens is 4. The lowest BCUT2D eigenvalue weighted by Crippen LogP contribution is -2.67. The number of nitrogens with one attached hydrogen (secondary N) is 2. The molecule has 1 aliphatic heterocycles. The lowest BCUT2D eigenvalue weighted by Gasteiger charge is -2.43. The Morgan fingerprint density at radius 1 is 1.04 bits per heavy atom. The number of ether oxygens (including phenoxy) is 3. The molecule has 1 saturated heterocycles. The molecule has 0 unspecified atom stereocenters. The lowest BCUT2D eigenvalue weighted by molar-refractivity contribution is -0.0394. The van der Waals surface area contributed by atoms with E-state index >= 15 is 0 Å². The Morgan fingerprint density at radius 2 is 1.68 bits per heavy atom. The van der Waals surface area contributed by atoms with E-state index in [1.54, 1.807) is 10.9 Å². The first-order chi connectivity index (χ1) is 23.9. The van der Waals surface area contributed by atoms with Gasteiger partial charge < -0.3 is 24.0 Å². The molecule has 3 atom stereocenters. The Balaban J connectivity index is 1.34. The van der Waals surface area contributed by atoms with E-state index in [2.05, 4.69) is 98.4 Å². The Kier molecular flexibility index (Phi) is 10.5. The first-order valence-electron chi connectivity index (χ1n) is 17.0. The summed E-state index contributed by atoms with van der Waals surface area (Å²) in [5, 5.41) is 5.29. The molecule has 0 amide bonds. The maximum Gasteiger partial charge on any atom is 0.358 e. The lowest BCUT2D eigenvalue weighted by atomic mass is 10.2. The quantitative estimate of drug-likeness (QED) is 0.124. The summed E-state index contributed by atoms with van der Waals surface area (Å²) in [6, 6.07) is 28.6. The summed E-state index contributed by atoms with van der Waals surface area (Å²) >= 11 is 5.61. The van der Waals surface area contributed by atoms with Gasteiger partial charge >= 0.3 is 5.24 Å². The molecular formula is C38H45N5O5SSi. The van der Waals surface area contributed by atoms with Gasteiger partial charge in [0.25, 0.3) is 13.9 Å². The van der Waals surface area contributed by atoms with E-state index < -0.39 is 26.8 Å². The van der Waals surface area contributed by atoms with Crippen LogP contribution in [0.15, 0.2) is 96.1 Å². The van der Waals surface area contributed by atoms with E-state index in [0.29, 0.717) is 36.2 Å². The first-order valence-corrected chi connectivity index (χ1v) is 19.3. The Morgan fingerprint density at radius 3 is 2.28 bits per heavy atom. The summed E-state index contributed by atoms with van der Waals surface area (Å²) in [5.41, 5.74) is 1.42. The second-order valence-electron chi connectivity index (χ2n) is 14.2. The molecule has 5 aromatic rings. The van der Waals surface area contributed by atoms with Gasteiger partial charge in [-0.2, -0.15) is 4.98 Å². The molecule has 3 heterocycles. The molecule has 262 valence electrons. The number of anilines is 1. The number of hydrogen-bond acceptors (Lipinski definition) is 9. The van der Waals surface area contributed by atoms with Gasteiger partial charge in [-0.05, 0) is 40.4 Å². The third kappa shape index (κ3) is 7.53. The normalized spacial score (nSPS) is 18.0. The number of aromatic amines is 1. The predicted octanol–water partition coefficient (Wildman–Crippen LogP) is 6.11. The molecule has 0 bridgehead atoms. The molecule has 0 spiro atoms. The Bertz CT molecular complexity index is 1920. The topological polar surface area (TPSA) is 113 Å². The number of aryl methyl sites for hydroxylation is 1. The third-order valence-electron chi connectivity index (χ3n) is 8.95. The van der Waals surface area contributed by atoms with Crippen LogP contribution >= 0.6 is 12.2 Å². The van der Waals surface area contributed by atoms with Gasteiger partial charge in [-0.15, -0.1) is 0 Å². The zero-order valence-corrected chi connectivity index (χ0v) is 31.2. The van der Waals surface area contributed by atoms with Crippen molar-refractivity contribution < 1.29 is 18.6 Å². The molecular weight excluding hydrogens is 667 g/mol. The summed E-state index contributed by atoms with van der Waals surface area (Å²) in [4.78, 5) is 24.9. The number of thiocarbonyl (C=S) groups is 1. The molecule has 3 aromatic carbocycles. The molecule has 50 heavy (non-hydrogen) atoms. The van der Waals surface area contributed by atoms with Crippen molar-refractivity contribution >= 4 is 53.3 Å². The van der Waals surface area contributed by atoms with Crippen LogP contribution in [0.4, 0.5) is 5.95 Å². The second kappa shape index (κ2) is 14.9. The van der Waals surface area contributed by atoms with E-state index in [1.165, 1.54) is 0 Å². The monoisotopic (exact) mass is 711 g/mol. The number of H-pyrrole nitrogens is 1. The zero-order valence-electron chi connectivity index (χ0n) is 29.4. The molecule has 2 N–H and O–H groups in total. The minimum atomic E-state index is -2.90. The van der Waals surface area contributed by atoms with Crippen molar-refractivity contribution in [2.45, 2.75) is 71.4 Å². The maximum absolute atomic E-state index is 13.0. The fourth-order valence-electron chi connectivity index (χ4n) is 6.49. The molecule has 0 saturated carbocycles. The van der Waals surface area contributed by atoms with Crippen molar-refractivity contribution in [2.75, 3.05) is 18.5 Å². The SMILES string of the molecule is Cc1ccc(OC(=S)O[C@H]2C[C@H](n3cnc4c(=O)[nH]c(NCC(C)C)nc43)O[C@@H]2CO[Si](c2ccccc2)(c2ccccc2)C(C)(C)C)cc1. The highest BCUT2D eigenvalue weighted by atomic mass is 32.1. The van der Waals surface area contributed by atoms with Gasteiger partial charge in [-0.25, -0.2) is 4.98 Å². The van der Waals surface area contributed by atoms with Gasteiger partial charge in [0.15, 0.2) is 11.2 Å². The van der Waals surface area contributed by atoms with Crippen molar-refractivity contribution in [3.63, 3.8) is 0 Å².